The molecule has 2 aromatic rings. The highest BCUT2D eigenvalue weighted by Gasteiger charge is 2.43. The van der Waals surface area contributed by atoms with Crippen molar-refractivity contribution in [3.05, 3.63) is 65.2 Å². The van der Waals surface area contributed by atoms with Gasteiger partial charge in [0.2, 0.25) is 5.91 Å². The van der Waals surface area contributed by atoms with Crippen molar-refractivity contribution in [1.29, 1.82) is 0 Å². The number of esters is 1. The molecule has 0 radical (unpaired) electrons. The number of nitrogens with zero attached hydrogens (tertiary/aromatic N) is 1. The molecular weight excluding hydrogens is 394 g/mol. The van der Waals surface area contributed by atoms with Crippen molar-refractivity contribution in [1.82, 2.24) is 4.90 Å². The zero-order chi connectivity index (χ0) is 22.0. The maximum Gasteiger partial charge on any atom is 0.337 e. The van der Waals surface area contributed by atoms with E-state index in [9.17, 15) is 14.7 Å². The van der Waals surface area contributed by atoms with E-state index in [1.165, 1.54) is 12.7 Å². The molecule has 1 saturated carbocycles. The van der Waals surface area contributed by atoms with E-state index in [2.05, 4.69) is 0 Å². The standard InChI is InChI=1S/C25H29NO5/c1-16-3-5-17(6-4-16)11-24(28)26-14-19-12-22(27)23(13-20(19)15-26)31-21-9-7-18(8-10-21)25(29)30-2/h3-10,19-20,22-23,27H,11-15H2,1-2H3/t19-,20+,22+,23+/m0/s1. The van der Waals surface area contributed by atoms with E-state index in [1.54, 1.807) is 24.3 Å². The van der Waals surface area contributed by atoms with Gasteiger partial charge in [0.05, 0.1) is 25.2 Å². The molecule has 0 unspecified atom stereocenters. The molecule has 164 valence electrons. The van der Waals surface area contributed by atoms with Crippen LogP contribution in [0.4, 0.5) is 0 Å². The van der Waals surface area contributed by atoms with Crippen LogP contribution in [0.15, 0.2) is 48.5 Å². The van der Waals surface area contributed by atoms with Crippen LogP contribution >= 0.6 is 0 Å². The molecule has 2 aliphatic rings. The number of rotatable bonds is 5. The average molecular weight is 424 g/mol. The molecule has 6 nitrogen and oxygen atoms in total. The molecule has 4 atom stereocenters. The fourth-order valence-electron chi connectivity index (χ4n) is 4.68. The van der Waals surface area contributed by atoms with Crippen molar-refractivity contribution >= 4 is 11.9 Å². The molecule has 1 N–H and O–H groups in total. The van der Waals surface area contributed by atoms with E-state index in [-0.39, 0.29) is 12.0 Å². The summed E-state index contributed by atoms with van der Waals surface area (Å²) >= 11 is 0. The summed E-state index contributed by atoms with van der Waals surface area (Å²) in [6, 6.07) is 14.8. The Labute approximate surface area is 182 Å². The number of aryl methyl sites for hydroxylation is 1. The van der Waals surface area contributed by atoms with Gasteiger partial charge in [0.15, 0.2) is 0 Å². The minimum atomic E-state index is -0.575. The molecule has 0 bridgehead atoms. The summed E-state index contributed by atoms with van der Waals surface area (Å²) in [5, 5.41) is 10.6. The quantitative estimate of drug-likeness (QED) is 0.749. The topological polar surface area (TPSA) is 76.1 Å². The fourth-order valence-corrected chi connectivity index (χ4v) is 4.68. The second kappa shape index (κ2) is 9.10. The lowest BCUT2D eigenvalue weighted by molar-refractivity contribution is -0.129. The van der Waals surface area contributed by atoms with Crippen molar-refractivity contribution in [2.24, 2.45) is 11.8 Å². The van der Waals surface area contributed by atoms with Crippen LogP contribution in [0.1, 0.15) is 34.3 Å². The van der Waals surface area contributed by atoms with Gasteiger partial charge in [-0.15, -0.1) is 0 Å². The van der Waals surface area contributed by atoms with E-state index in [0.29, 0.717) is 55.5 Å². The molecule has 1 aliphatic carbocycles. The summed E-state index contributed by atoms with van der Waals surface area (Å²) in [6.07, 6.45) is 0.850. The van der Waals surface area contributed by atoms with Crippen LogP contribution in [-0.2, 0) is 16.0 Å². The highest BCUT2D eigenvalue weighted by molar-refractivity contribution is 5.89. The highest BCUT2D eigenvalue weighted by Crippen LogP contribution is 2.38. The van der Waals surface area contributed by atoms with Crippen molar-refractivity contribution in [2.45, 2.75) is 38.4 Å². The number of ether oxygens (including phenoxy) is 2. The van der Waals surface area contributed by atoms with Crippen LogP contribution in [0, 0.1) is 18.8 Å². The maximum atomic E-state index is 12.8. The summed E-state index contributed by atoms with van der Waals surface area (Å²) in [7, 11) is 1.35. The molecule has 4 rings (SSSR count). The average Bonchev–Trinajstić information content (AvgIpc) is 3.18. The molecule has 2 aromatic carbocycles. The molecule has 2 fully saturated rings. The largest absolute Gasteiger partial charge is 0.488 e. The predicted octanol–water partition coefficient (Wildman–Crippen LogP) is 3.00. The number of hydrogen-bond acceptors (Lipinski definition) is 5. The van der Waals surface area contributed by atoms with E-state index in [0.717, 1.165) is 5.56 Å². The van der Waals surface area contributed by atoms with E-state index >= 15 is 0 Å². The lowest BCUT2D eigenvalue weighted by atomic mass is 9.78. The lowest BCUT2D eigenvalue weighted by Gasteiger charge is -2.35. The van der Waals surface area contributed by atoms with Gasteiger partial charge in [-0.25, -0.2) is 4.79 Å². The van der Waals surface area contributed by atoms with E-state index in [4.69, 9.17) is 9.47 Å². The van der Waals surface area contributed by atoms with Crippen LogP contribution in [0.2, 0.25) is 0 Å². The van der Waals surface area contributed by atoms with Gasteiger partial charge in [-0.1, -0.05) is 29.8 Å². The van der Waals surface area contributed by atoms with Crippen molar-refractivity contribution in [3.8, 4) is 5.75 Å². The number of carbonyl (C=O) groups excluding carboxylic acids is 2. The van der Waals surface area contributed by atoms with Crippen molar-refractivity contribution in [3.63, 3.8) is 0 Å². The molecule has 1 heterocycles. The zero-order valence-electron chi connectivity index (χ0n) is 18.0. The highest BCUT2D eigenvalue weighted by atomic mass is 16.5. The molecule has 31 heavy (non-hydrogen) atoms. The Hall–Kier alpha value is -2.86. The number of hydrogen-bond donors (Lipinski definition) is 1. The first-order valence-electron chi connectivity index (χ1n) is 10.8. The SMILES string of the molecule is COC(=O)c1ccc(O[C@@H]2C[C@@H]3CN(C(=O)Cc4ccc(C)cc4)C[C@@H]3C[C@H]2O)cc1. The molecular formula is C25H29NO5. The molecule has 0 aromatic heterocycles. The zero-order valence-corrected chi connectivity index (χ0v) is 18.0. The number of aliphatic hydroxyl groups excluding tert-OH is 1. The minimum Gasteiger partial charge on any atom is -0.488 e. The summed E-state index contributed by atoms with van der Waals surface area (Å²) in [5.41, 5.74) is 2.67. The molecule has 1 saturated heterocycles. The third kappa shape index (κ3) is 4.90. The smallest absolute Gasteiger partial charge is 0.337 e. The van der Waals surface area contributed by atoms with Gasteiger partial charge in [0.25, 0.3) is 0 Å². The van der Waals surface area contributed by atoms with Gasteiger partial charge in [0.1, 0.15) is 11.9 Å². The van der Waals surface area contributed by atoms with Crippen LogP contribution < -0.4 is 4.74 Å². The second-order valence-corrected chi connectivity index (χ2v) is 8.69. The minimum absolute atomic E-state index is 0.142. The summed E-state index contributed by atoms with van der Waals surface area (Å²) < 4.78 is 10.8. The first-order chi connectivity index (χ1) is 14.9. The number of fused-ring (bicyclic) bond motifs is 1. The summed E-state index contributed by atoms with van der Waals surface area (Å²) in [6.45, 7) is 3.45. The fraction of sp³-hybridized carbons (Fsp3) is 0.440. The number of likely N-dealkylation sites (tertiary alicyclic amines) is 1. The lowest BCUT2D eigenvalue weighted by Crippen LogP contribution is -2.42. The van der Waals surface area contributed by atoms with Crippen LogP contribution in [0.5, 0.6) is 5.75 Å². The Morgan fingerprint density at radius 3 is 2.29 bits per heavy atom. The van der Waals surface area contributed by atoms with Crippen LogP contribution in [0.3, 0.4) is 0 Å². The molecule has 1 aliphatic heterocycles. The monoisotopic (exact) mass is 423 g/mol. The summed E-state index contributed by atoms with van der Waals surface area (Å²) in [4.78, 5) is 26.3. The number of amides is 1. The van der Waals surface area contributed by atoms with E-state index < -0.39 is 12.1 Å². The maximum absolute atomic E-state index is 12.8. The third-order valence-electron chi connectivity index (χ3n) is 6.48. The Morgan fingerprint density at radius 1 is 1.00 bits per heavy atom. The molecule has 1 amide bonds. The number of benzene rings is 2. The number of methoxy groups -OCH3 is 1. The van der Waals surface area contributed by atoms with Gasteiger partial charge < -0.3 is 19.5 Å². The van der Waals surface area contributed by atoms with Crippen molar-refractivity contribution < 1.29 is 24.2 Å². The Balaban J connectivity index is 1.34. The normalized spacial score (nSPS) is 25.1. The number of aliphatic hydroxyl groups is 1. The predicted molar refractivity (Wildman–Crippen MR) is 116 cm³/mol. The van der Waals surface area contributed by atoms with Gasteiger partial charge >= 0.3 is 5.97 Å². The first-order valence-corrected chi connectivity index (χ1v) is 10.8. The van der Waals surface area contributed by atoms with Gasteiger partial charge in [-0.05, 0) is 61.4 Å². The summed E-state index contributed by atoms with van der Waals surface area (Å²) in [5.74, 6) is 0.987. The van der Waals surface area contributed by atoms with E-state index in [1.807, 2.05) is 36.1 Å². The van der Waals surface area contributed by atoms with Gasteiger partial charge in [-0.2, -0.15) is 0 Å². The van der Waals surface area contributed by atoms with Crippen molar-refractivity contribution in [2.75, 3.05) is 20.2 Å². The Bertz CT molecular complexity index is 924. The van der Waals surface area contributed by atoms with Crippen LogP contribution in [-0.4, -0.2) is 54.3 Å². The first kappa shape index (κ1) is 21.4. The molecule has 0 spiro atoms. The van der Waals surface area contributed by atoms with Gasteiger partial charge in [-0.3, -0.25) is 4.79 Å². The third-order valence-corrected chi connectivity index (χ3v) is 6.48. The molecule has 6 heteroatoms. The number of carbonyl (C=O) groups is 2. The van der Waals surface area contributed by atoms with Crippen LogP contribution in [0.25, 0.3) is 0 Å². The van der Waals surface area contributed by atoms with Gasteiger partial charge in [0, 0.05) is 13.1 Å². The Morgan fingerprint density at radius 2 is 1.65 bits per heavy atom. The second-order valence-electron chi connectivity index (χ2n) is 8.69. The Kier molecular flexibility index (Phi) is 6.28.